The summed E-state index contributed by atoms with van der Waals surface area (Å²) in [6.07, 6.45) is 3.93. The van der Waals surface area contributed by atoms with Crippen LogP contribution >= 0.6 is 0 Å². The molecule has 1 N–H and O–H groups in total. The summed E-state index contributed by atoms with van der Waals surface area (Å²) in [6.45, 7) is 3.37. The maximum atomic E-state index is 14.8. The third-order valence-electron chi connectivity index (χ3n) is 6.28. The van der Waals surface area contributed by atoms with E-state index in [-0.39, 0.29) is 0 Å². The lowest BCUT2D eigenvalue weighted by Crippen LogP contribution is -2.44. The molecule has 0 bridgehead atoms. The van der Waals surface area contributed by atoms with Gasteiger partial charge in [0, 0.05) is 24.5 Å². The lowest BCUT2D eigenvalue weighted by molar-refractivity contribution is -0.197. The maximum Gasteiger partial charge on any atom is 0.168 e. The average Bonchev–Trinajstić information content (AvgIpc) is 3.25. The van der Waals surface area contributed by atoms with Crippen LogP contribution in [0.1, 0.15) is 43.7 Å². The van der Waals surface area contributed by atoms with Crippen LogP contribution in [0.25, 0.3) is 6.08 Å². The van der Waals surface area contributed by atoms with Crippen molar-refractivity contribution in [3.05, 3.63) is 65.0 Å². The topological polar surface area (TPSA) is 57.2 Å². The number of halogens is 1. The zero-order chi connectivity index (χ0) is 21.9. The number of aliphatic hydroxyl groups is 1. The van der Waals surface area contributed by atoms with Gasteiger partial charge in [0.15, 0.2) is 17.3 Å². The molecule has 1 heterocycles. The van der Waals surface area contributed by atoms with Crippen molar-refractivity contribution in [2.75, 3.05) is 20.3 Å². The summed E-state index contributed by atoms with van der Waals surface area (Å²) in [7, 11) is 1.48. The van der Waals surface area contributed by atoms with Gasteiger partial charge < -0.3 is 24.1 Å². The molecule has 0 atom stereocenters. The van der Waals surface area contributed by atoms with Crippen molar-refractivity contribution in [1.29, 1.82) is 0 Å². The molecule has 0 radical (unpaired) electrons. The van der Waals surface area contributed by atoms with E-state index < -0.39 is 17.2 Å². The Bertz CT molecular complexity index is 924. The van der Waals surface area contributed by atoms with Gasteiger partial charge in [-0.1, -0.05) is 36.4 Å². The van der Waals surface area contributed by atoms with E-state index in [1.54, 1.807) is 12.1 Å². The monoisotopic (exact) mass is 428 g/mol. The second kappa shape index (κ2) is 8.99. The first kappa shape index (κ1) is 21.8. The Hall–Kier alpha value is -2.41. The highest BCUT2D eigenvalue weighted by Crippen LogP contribution is 2.43. The van der Waals surface area contributed by atoms with Gasteiger partial charge in [-0.25, -0.2) is 4.39 Å². The number of hydrogen-bond donors (Lipinski definition) is 1. The minimum atomic E-state index is -1.02. The fraction of sp³-hybridized carbons (Fsp3) is 0.440. The highest BCUT2D eigenvalue weighted by atomic mass is 19.1. The Morgan fingerprint density at radius 3 is 2.39 bits per heavy atom. The SMILES string of the molecule is COc1cc(F)c(/C=C(\C)C2(O)CCC3(CC2)OCCO3)cc1OCc1ccccc1. The first-order valence-electron chi connectivity index (χ1n) is 10.7. The molecule has 2 aromatic rings. The van der Waals surface area contributed by atoms with E-state index in [2.05, 4.69) is 0 Å². The molecular weight excluding hydrogens is 399 g/mol. The second-order valence-electron chi connectivity index (χ2n) is 8.27. The van der Waals surface area contributed by atoms with Crippen molar-refractivity contribution in [1.82, 2.24) is 0 Å². The summed E-state index contributed by atoms with van der Waals surface area (Å²) in [5, 5.41) is 11.2. The molecule has 1 saturated carbocycles. The molecule has 5 nitrogen and oxygen atoms in total. The molecule has 166 valence electrons. The summed E-state index contributed by atoms with van der Waals surface area (Å²) in [5.41, 5.74) is 1.05. The predicted molar refractivity (Wildman–Crippen MR) is 115 cm³/mol. The highest BCUT2D eigenvalue weighted by molar-refractivity contribution is 5.60. The average molecular weight is 429 g/mol. The molecule has 6 heteroatoms. The summed E-state index contributed by atoms with van der Waals surface area (Å²) >= 11 is 0. The number of rotatable bonds is 6. The van der Waals surface area contributed by atoms with E-state index in [0.29, 0.717) is 68.1 Å². The Morgan fingerprint density at radius 2 is 1.74 bits per heavy atom. The van der Waals surface area contributed by atoms with Crippen LogP contribution in [0.3, 0.4) is 0 Å². The summed E-state index contributed by atoms with van der Waals surface area (Å²) in [6, 6.07) is 12.7. The molecule has 0 unspecified atom stereocenters. The van der Waals surface area contributed by atoms with Crippen LogP contribution in [0.5, 0.6) is 11.5 Å². The summed E-state index contributed by atoms with van der Waals surface area (Å²) in [5.74, 6) is -0.205. The van der Waals surface area contributed by atoms with E-state index in [0.717, 1.165) is 5.56 Å². The van der Waals surface area contributed by atoms with Crippen LogP contribution in [-0.2, 0) is 16.1 Å². The van der Waals surface area contributed by atoms with Crippen molar-refractivity contribution in [3.8, 4) is 11.5 Å². The molecule has 31 heavy (non-hydrogen) atoms. The Kier molecular flexibility index (Phi) is 6.32. The first-order chi connectivity index (χ1) is 14.9. The minimum absolute atomic E-state index is 0.331. The van der Waals surface area contributed by atoms with Crippen molar-refractivity contribution in [3.63, 3.8) is 0 Å². The molecule has 2 fully saturated rings. The predicted octanol–water partition coefficient (Wildman–Crippen LogP) is 4.86. The third-order valence-corrected chi connectivity index (χ3v) is 6.28. The maximum absolute atomic E-state index is 14.8. The van der Waals surface area contributed by atoms with E-state index in [1.807, 2.05) is 37.3 Å². The Morgan fingerprint density at radius 1 is 1.06 bits per heavy atom. The van der Waals surface area contributed by atoms with E-state index >= 15 is 0 Å². The number of ether oxygens (including phenoxy) is 4. The van der Waals surface area contributed by atoms with E-state index in [1.165, 1.54) is 13.2 Å². The van der Waals surface area contributed by atoms with Gasteiger partial charge in [-0.05, 0) is 37.0 Å². The van der Waals surface area contributed by atoms with Crippen LogP contribution in [0, 0.1) is 5.82 Å². The van der Waals surface area contributed by atoms with Gasteiger partial charge in [-0.3, -0.25) is 0 Å². The van der Waals surface area contributed by atoms with Gasteiger partial charge in [0.1, 0.15) is 12.4 Å². The molecule has 1 saturated heterocycles. The minimum Gasteiger partial charge on any atom is -0.493 e. The van der Waals surface area contributed by atoms with Crippen molar-refractivity contribution >= 4 is 6.08 Å². The Balaban J connectivity index is 1.53. The molecule has 2 aromatic carbocycles. The van der Waals surface area contributed by atoms with Crippen LogP contribution in [-0.4, -0.2) is 36.8 Å². The Labute approximate surface area is 182 Å². The van der Waals surface area contributed by atoms with Crippen LogP contribution < -0.4 is 9.47 Å². The molecule has 0 amide bonds. The van der Waals surface area contributed by atoms with Crippen molar-refractivity contribution in [2.45, 2.75) is 50.6 Å². The summed E-state index contributed by atoms with van der Waals surface area (Å²) < 4.78 is 37.5. The first-order valence-corrected chi connectivity index (χ1v) is 10.7. The summed E-state index contributed by atoms with van der Waals surface area (Å²) in [4.78, 5) is 0. The zero-order valence-electron chi connectivity index (χ0n) is 18.0. The number of hydrogen-bond acceptors (Lipinski definition) is 5. The fourth-order valence-corrected chi connectivity index (χ4v) is 4.26. The highest BCUT2D eigenvalue weighted by Gasteiger charge is 2.46. The molecule has 1 aliphatic heterocycles. The zero-order valence-corrected chi connectivity index (χ0v) is 18.0. The quantitative estimate of drug-likeness (QED) is 0.712. The van der Waals surface area contributed by atoms with Crippen molar-refractivity contribution in [2.24, 2.45) is 0 Å². The number of benzene rings is 2. The largest absolute Gasteiger partial charge is 0.493 e. The lowest BCUT2D eigenvalue weighted by atomic mass is 9.76. The van der Waals surface area contributed by atoms with Gasteiger partial charge in [0.2, 0.25) is 0 Å². The van der Waals surface area contributed by atoms with E-state index in [4.69, 9.17) is 18.9 Å². The second-order valence-corrected chi connectivity index (χ2v) is 8.27. The molecule has 4 rings (SSSR count). The molecule has 1 spiro atoms. The fourth-order valence-electron chi connectivity index (χ4n) is 4.26. The van der Waals surface area contributed by atoms with E-state index in [9.17, 15) is 9.50 Å². The van der Waals surface area contributed by atoms with Crippen molar-refractivity contribution < 1.29 is 28.4 Å². The van der Waals surface area contributed by atoms with Gasteiger partial charge in [-0.15, -0.1) is 0 Å². The van der Waals surface area contributed by atoms with Gasteiger partial charge in [0.05, 0.1) is 25.9 Å². The molecular formula is C25H29FO5. The smallest absolute Gasteiger partial charge is 0.168 e. The normalized spacial score (nSPS) is 20.1. The molecule has 1 aliphatic carbocycles. The van der Waals surface area contributed by atoms with Crippen LogP contribution in [0.2, 0.25) is 0 Å². The van der Waals surface area contributed by atoms with Gasteiger partial charge >= 0.3 is 0 Å². The van der Waals surface area contributed by atoms with Gasteiger partial charge in [-0.2, -0.15) is 0 Å². The lowest BCUT2D eigenvalue weighted by Gasteiger charge is -2.41. The third kappa shape index (κ3) is 4.76. The number of methoxy groups -OCH3 is 1. The van der Waals surface area contributed by atoms with Crippen LogP contribution in [0.4, 0.5) is 4.39 Å². The van der Waals surface area contributed by atoms with Crippen LogP contribution in [0.15, 0.2) is 48.0 Å². The van der Waals surface area contributed by atoms with Gasteiger partial charge in [0.25, 0.3) is 0 Å². The molecule has 2 aliphatic rings. The standard InChI is InChI=1S/C25H29FO5/c1-18(24(27)8-10-25(11-9-24)30-12-13-31-25)14-20-15-23(22(28-2)16-21(20)26)29-17-19-6-4-3-5-7-19/h3-7,14-16,27H,8-13,17H2,1-2H3/b18-14+. The molecule has 0 aromatic heterocycles.